The SMILES string of the molecule is CCOC(=O)[C@@H]1[C@H]2O[C@@]3(CC2Br)[C@H](C(=O)Nc2ccc(OC)cc2)N(CCCCCCO)C(=O)[C@@H]13. The number of hydrogen-bond acceptors (Lipinski definition) is 7. The normalized spacial score (nSPS) is 30.9. The molecule has 1 aromatic carbocycles. The molecule has 2 N–H and O–H groups in total. The highest BCUT2D eigenvalue weighted by Crippen LogP contribution is 2.60. The number of nitrogens with one attached hydrogen (secondary N) is 1. The number of fused-ring (bicyclic) bond motifs is 1. The lowest BCUT2D eigenvalue weighted by Gasteiger charge is -2.34. The van der Waals surface area contributed by atoms with Gasteiger partial charge in [0.15, 0.2) is 0 Å². The van der Waals surface area contributed by atoms with Crippen molar-refractivity contribution in [1.82, 2.24) is 4.90 Å². The second-order valence-corrected chi connectivity index (χ2v) is 10.5. The average Bonchev–Trinajstić information content (AvgIpc) is 3.43. The van der Waals surface area contributed by atoms with E-state index >= 15 is 0 Å². The highest BCUT2D eigenvalue weighted by Gasteiger charge is 2.76. The topological polar surface area (TPSA) is 114 Å². The monoisotopic (exact) mass is 552 g/mol. The van der Waals surface area contributed by atoms with Gasteiger partial charge in [0.2, 0.25) is 11.8 Å². The Morgan fingerprint density at radius 2 is 1.94 bits per heavy atom. The number of nitrogens with zero attached hydrogens (tertiary/aromatic N) is 1. The quantitative estimate of drug-likeness (QED) is 0.246. The second kappa shape index (κ2) is 10.8. The molecule has 1 spiro atoms. The van der Waals surface area contributed by atoms with Crippen molar-refractivity contribution in [3.05, 3.63) is 24.3 Å². The zero-order chi connectivity index (χ0) is 25.2. The molecule has 6 atom stereocenters. The first kappa shape index (κ1) is 25.9. The second-order valence-electron chi connectivity index (χ2n) is 9.30. The van der Waals surface area contributed by atoms with Gasteiger partial charge in [-0.25, -0.2) is 0 Å². The molecule has 2 amide bonds. The van der Waals surface area contributed by atoms with Crippen LogP contribution >= 0.6 is 15.9 Å². The maximum absolute atomic E-state index is 13.8. The van der Waals surface area contributed by atoms with Crippen LogP contribution in [0, 0.1) is 11.8 Å². The molecular formula is C25H33BrN2O7. The third-order valence-corrected chi connectivity index (χ3v) is 8.11. The van der Waals surface area contributed by atoms with E-state index in [0.717, 1.165) is 12.8 Å². The van der Waals surface area contributed by atoms with Crippen LogP contribution in [0.15, 0.2) is 24.3 Å². The maximum atomic E-state index is 13.8. The summed E-state index contributed by atoms with van der Waals surface area (Å²) in [5.74, 6) is -1.88. The number of unbranched alkanes of at least 4 members (excludes halogenated alkanes) is 3. The Bertz CT molecular complexity index is 942. The predicted octanol–water partition coefficient (Wildman–Crippen LogP) is 2.50. The molecule has 3 fully saturated rings. The molecule has 35 heavy (non-hydrogen) atoms. The zero-order valence-electron chi connectivity index (χ0n) is 20.1. The number of anilines is 1. The van der Waals surface area contributed by atoms with E-state index in [1.807, 2.05) is 0 Å². The van der Waals surface area contributed by atoms with Crippen LogP contribution in [0.1, 0.15) is 39.0 Å². The van der Waals surface area contributed by atoms with Crippen LogP contribution in [-0.4, -0.2) is 77.2 Å². The molecule has 3 aliphatic rings. The van der Waals surface area contributed by atoms with Crippen LogP contribution in [0.4, 0.5) is 5.69 Å². The average molecular weight is 553 g/mol. The van der Waals surface area contributed by atoms with Gasteiger partial charge in [0.25, 0.3) is 0 Å². The standard InChI is InChI=1S/C25H33BrN2O7/c1-3-34-24(32)18-19-23(31)28(12-6-4-5-7-13-29)21(25(19)14-17(26)20(18)35-25)22(30)27-15-8-10-16(33-2)11-9-15/h8-11,17-21,29H,3-7,12-14H2,1-2H3,(H,27,30)/t17?,18-,19+,20-,21-,25+/m0/s1. The molecule has 10 heteroatoms. The summed E-state index contributed by atoms with van der Waals surface area (Å²) in [5.41, 5.74) is -0.523. The molecule has 192 valence electrons. The number of carbonyl (C=O) groups excluding carboxylic acids is 3. The van der Waals surface area contributed by atoms with E-state index in [-0.39, 0.29) is 29.9 Å². The first-order chi connectivity index (χ1) is 16.9. The predicted molar refractivity (Wildman–Crippen MR) is 131 cm³/mol. The van der Waals surface area contributed by atoms with Crippen molar-refractivity contribution in [2.24, 2.45) is 11.8 Å². The minimum Gasteiger partial charge on any atom is -0.497 e. The lowest BCUT2D eigenvalue weighted by atomic mass is 9.70. The molecule has 0 radical (unpaired) electrons. The summed E-state index contributed by atoms with van der Waals surface area (Å²) in [4.78, 5) is 41.8. The Labute approximate surface area is 213 Å². The Hall–Kier alpha value is -2.17. The maximum Gasteiger partial charge on any atom is 0.312 e. The van der Waals surface area contributed by atoms with E-state index in [0.29, 0.717) is 37.2 Å². The van der Waals surface area contributed by atoms with Crippen LogP contribution in [0.3, 0.4) is 0 Å². The third-order valence-electron chi connectivity index (χ3n) is 7.26. The molecule has 0 aromatic heterocycles. The summed E-state index contributed by atoms with van der Waals surface area (Å²) in [6.45, 7) is 2.44. The van der Waals surface area contributed by atoms with Crippen molar-refractivity contribution < 1.29 is 33.7 Å². The fraction of sp³-hybridized carbons (Fsp3) is 0.640. The molecule has 3 aliphatic heterocycles. The van der Waals surface area contributed by atoms with Gasteiger partial charge in [-0.2, -0.15) is 0 Å². The van der Waals surface area contributed by atoms with Crippen molar-refractivity contribution in [3.8, 4) is 5.75 Å². The van der Waals surface area contributed by atoms with E-state index in [4.69, 9.17) is 19.3 Å². The fourth-order valence-corrected chi connectivity index (χ4v) is 6.75. The van der Waals surface area contributed by atoms with Gasteiger partial charge in [0.05, 0.1) is 31.7 Å². The van der Waals surface area contributed by atoms with Gasteiger partial charge < -0.3 is 29.5 Å². The van der Waals surface area contributed by atoms with Gasteiger partial charge in [-0.15, -0.1) is 0 Å². The van der Waals surface area contributed by atoms with Gasteiger partial charge in [0, 0.05) is 23.7 Å². The first-order valence-electron chi connectivity index (χ1n) is 12.2. The number of methoxy groups -OCH3 is 1. The summed E-state index contributed by atoms with van der Waals surface area (Å²) >= 11 is 3.63. The number of aliphatic hydroxyl groups is 1. The number of rotatable bonds is 11. The number of likely N-dealkylation sites (tertiary alicyclic amines) is 1. The molecule has 0 aliphatic carbocycles. The molecule has 3 saturated heterocycles. The summed E-state index contributed by atoms with van der Waals surface area (Å²) in [6, 6.07) is 6.11. The summed E-state index contributed by atoms with van der Waals surface area (Å²) in [5, 5.41) is 12.0. The first-order valence-corrected chi connectivity index (χ1v) is 13.1. The highest BCUT2D eigenvalue weighted by molar-refractivity contribution is 9.09. The van der Waals surface area contributed by atoms with E-state index in [1.165, 1.54) is 0 Å². The minimum absolute atomic E-state index is 0.129. The van der Waals surface area contributed by atoms with Crippen molar-refractivity contribution in [2.45, 2.75) is 61.6 Å². The number of amides is 2. The number of ether oxygens (including phenoxy) is 3. The fourth-order valence-electron chi connectivity index (χ4n) is 5.81. The number of hydrogen-bond donors (Lipinski definition) is 2. The number of benzene rings is 1. The number of halogens is 1. The van der Waals surface area contributed by atoms with Crippen LogP contribution in [-0.2, 0) is 23.9 Å². The number of aliphatic hydroxyl groups excluding tert-OH is 1. The number of carbonyl (C=O) groups is 3. The molecule has 1 aromatic rings. The lowest BCUT2D eigenvalue weighted by molar-refractivity contribution is -0.154. The number of esters is 1. The van der Waals surface area contributed by atoms with E-state index in [1.54, 1.807) is 43.2 Å². The van der Waals surface area contributed by atoms with E-state index < -0.39 is 35.6 Å². The van der Waals surface area contributed by atoms with Gasteiger partial charge in [-0.3, -0.25) is 14.4 Å². The van der Waals surface area contributed by atoms with Crippen molar-refractivity contribution >= 4 is 39.4 Å². The zero-order valence-corrected chi connectivity index (χ0v) is 21.7. The molecule has 9 nitrogen and oxygen atoms in total. The van der Waals surface area contributed by atoms with Crippen molar-refractivity contribution in [3.63, 3.8) is 0 Å². The summed E-state index contributed by atoms with van der Waals surface area (Å²) in [6.07, 6.45) is 2.97. The third kappa shape index (κ3) is 4.68. The summed E-state index contributed by atoms with van der Waals surface area (Å²) in [7, 11) is 1.57. The minimum atomic E-state index is -1.10. The summed E-state index contributed by atoms with van der Waals surface area (Å²) < 4.78 is 16.9. The van der Waals surface area contributed by atoms with E-state index in [9.17, 15) is 14.4 Å². The van der Waals surface area contributed by atoms with Crippen LogP contribution < -0.4 is 10.1 Å². The number of alkyl halides is 1. The smallest absolute Gasteiger partial charge is 0.312 e. The molecular weight excluding hydrogens is 520 g/mol. The van der Waals surface area contributed by atoms with Gasteiger partial charge >= 0.3 is 5.97 Å². The Kier molecular flexibility index (Phi) is 8.02. The largest absolute Gasteiger partial charge is 0.497 e. The van der Waals surface area contributed by atoms with E-state index in [2.05, 4.69) is 21.2 Å². The molecule has 1 unspecified atom stereocenters. The van der Waals surface area contributed by atoms with Gasteiger partial charge in [0.1, 0.15) is 17.4 Å². The molecule has 3 heterocycles. The molecule has 0 saturated carbocycles. The molecule has 2 bridgehead atoms. The van der Waals surface area contributed by atoms with Gasteiger partial charge in [-0.05, 0) is 50.5 Å². The Morgan fingerprint density at radius 3 is 2.60 bits per heavy atom. The Morgan fingerprint density at radius 1 is 1.23 bits per heavy atom. The lowest BCUT2D eigenvalue weighted by Crippen LogP contribution is -2.54. The molecule has 4 rings (SSSR count). The van der Waals surface area contributed by atoms with Crippen molar-refractivity contribution in [1.29, 1.82) is 0 Å². The van der Waals surface area contributed by atoms with Gasteiger partial charge in [-0.1, -0.05) is 28.8 Å². The highest BCUT2D eigenvalue weighted by atomic mass is 79.9. The van der Waals surface area contributed by atoms with Crippen LogP contribution in [0.5, 0.6) is 5.75 Å². The Balaban J connectivity index is 1.62. The van der Waals surface area contributed by atoms with Crippen LogP contribution in [0.25, 0.3) is 0 Å². The van der Waals surface area contributed by atoms with Crippen LogP contribution in [0.2, 0.25) is 0 Å². The van der Waals surface area contributed by atoms with Crippen molar-refractivity contribution in [2.75, 3.05) is 32.2 Å².